The third-order valence-corrected chi connectivity index (χ3v) is 3.71. The molecule has 0 saturated carbocycles. The Balaban J connectivity index is 1.83. The van der Waals surface area contributed by atoms with Gasteiger partial charge in [-0.25, -0.2) is 4.39 Å². The number of carbonyl (C=O) groups excluding carboxylic acids is 1. The minimum Gasteiger partial charge on any atom is -0.351 e. The lowest BCUT2D eigenvalue weighted by molar-refractivity contribution is -0.120. The summed E-state index contributed by atoms with van der Waals surface area (Å²) >= 11 is 1.53. The van der Waals surface area contributed by atoms with E-state index in [1.807, 2.05) is 12.1 Å². The molecule has 0 spiro atoms. The van der Waals surface area contributed by atoms with Crippen molar-refractivity contribution in [1.29, 1.82) is 0 Å². The first-order chi connectivity index (χ1) is 10.2. The Morgan fingerprint density at radius 1 is 1.24 bits per heavy atom. The zero-order chi connectivity index (χ0) is 15.1. The first-order valence-corrected chi connectivity index (χ1v) is 7.28. The van der Waals surface area contributed by atoms with Crippen LogP contribution < -0.4 is 11.1 Å². The number of hydrogen-bond donors (Lipinski definition) is 2. The average molecular weight is 302 g/mol. The van der Waals surface area contributed by atoms with E-state index in [1.54, 1.807) is 12.1 Å². The lowest BCUT2D eigenvalue weighted by Crippen LogP contribution is -2.24. The maximum atomic E-state index is 12.8. The summed E-state index contributed by atoms with van der Waals surface area (Å²) in [7, 11) is 0. The molecular weight excluding hydrogens is 287 g/mol. The highest BCUT2D eigenvalue weighted by molar-refractivity contribution is 7.12. The van der Waals surface area contributed by atoms with E-state index in [0.717, 1.165) is 15.3 Å². The summed E-state index contributed by atoms with van der Waals surface area (Å²) in [6, 6.07) is 9.77. The van der Waals surface area contributed by atoms with Gasteiger partial charge in [-0.3, -0.25) is 4.79 Å². The highest BCUT2D eigenvalue weighted by Crippen LogP contribution is 2.15. The SMILES string of the molecule is NCC#Cc1ccc(CNC(=O)Cc2ccc(F)cc2)s1. The number of benzene rings is 1. The quantitative estimate of drug-likeness (QED) is 0.849. The molecule has 0 unspecified atom stereocenters. The monoisotopic (exact) mass is 302 g/mol. The molecule has 108 valence electrons. The number of halogens is 1. The predicted molar refractivity (Wildman–Crippen MR) is 82.2 cm³/mol. The van der Waals surface area contributed by atoms with Gasteiger partial charge in [0.25, 0.3) is 0 Å². The average Bonchev–Trinajstić information content (AvgIpc) is 2.93. The first-order valence-electron chi connectivity index (χ1n) is 6.46. The number of nitrogens with one attached hydrogen (secondary N) is 1. The van der Waals surface area contributed by atoms with Gasteiger partial charge in [-0.15, -0.1) is 11.3 Å². The first kappa shape index (κ1) is 15.2. The molecule has 0 aliphatic heterocycles. The molecule has 21 heavy (non-hydrogen) atoms. The van der Waals surface area contributed by atoms with Gasteiger partial charge in [0.1, 0.15) is 5.82 Å². The van der Waals surface area contributed by atoms with Crippen molar-refractivity contribution < 1.29 is 9.18 Å². The van der Waals surface area contributed by atoms with Crippen LogP contribution in [-0.2, 0) is 17.8 Å². The molecule has 2 aromatic rings. The molecule has 0 bridgehead atoms. The topological polar surface area (TPSA) is 55.1 Å². The summed E-state index contributed by atoms with van der Waals surface area (Å²) in [5.41, 5.74) is 6.10. The van der Waals surface area contributed by atoms with Crippen molar-refractivity contribution in [3.8, 4) is 11.8 Å². The summed E-state index contributed by atoms with van der Waals surface area (Å²) in [5.74, 6) is 5.35. The van der Waals surface area contributed by atoms with Crippen molar-refractivity contribution >= 4 is 17.2 Å². The molecule has 1 aromatic carbocycles. The van der Waals surface area contributed by atoms with Gasteiger partial charge in [0, 0.05) is 4.88 Å². The third kappa shape index (κ3) is 5.03. The standard InChI is InChI=1S/C16H15FN2OS/c17-13-5-3-12(4-6-13)10-16(20)19-11-15-8-7-14(21-15)2-1-9-18/h3-8H,9-11,18H2,(H,19,20). The molecule has 0 aliphatic carbocycles. The van der Waals surface area contributed by atoms with Crippen LogP contribution in [0.2, 0.25) is 0 Å². The van der Waals surface area contributed by atoms with Crippen molar-refractivity contribution in [3.63, 3.8) is 0 Å². The minimum absolute atomic E-state index is 0.0930. The van der Waals surface area contributed by atoms with Crippen molar-refractivity contribution in [3.05, 3.63) is 57.5 Å². The van der Waals surface area contributed by atoms with Crippen molar-refractivity contribution in [2.75, 3.05) is 6.54 Å². The molecule has 0 atom stereocenters. The van der Waals surface area contributed by atoms with E-state index in [9.17, 15) is 9.18 Å². The van der Waals surface area contributed by atoms with Gasteiger partial charge in [-0.05, 0) is 29.8 Å². The normalized spacial score (nSPS) is 9.81. The minimum atomic E-state index is -0.302. The second-order valence-electron chi connectivity index (χ2n) is 4.35. The second-order valence-corrected chi connectivity index (χ2v) is 5.52. The Hall–Kier alpha value is -2.16. The fourth-order valence-corrected chi connectivity index (χ4v) is 2.54. The molecular formula is C16H15FN2OS. The Morgan fingerprint density at radius 2 is 2.00 bits per heavy atom. The molecule has 5 heteroatoms. The largest absolute Gasteiger partial charge is 0.351 e. The predicted octanol–water partition coefficient (Wildman–Crippen LogP) is 2.06. The van der Waals surface area contributed by atoms with E-state index in [2.05, 4.69) is 17.2 Å². The zero-order valence-electron chi connectivity index (χ0n) is 11.4. The number of carbonyl (C=O) groups is 1. The van der Waals surface area contributed by atoms with Crippen LogP contribution in [0.15, 0.2) is 36.4 Å². The number of rotatable bonds is 4. The molecule has 1 aromatic heterocycles. The van der Waals surface area contributed by atoms with Crippen LogP contribution in [0.1, 0.15) is 15.3 Å². The van der Waals surface area contributed by atoms with Crippen LogP contribution >= 0.6 is 11.3 Å². The maximum Gasteiger partial charge on any atom is 0.224 e. The van der Waals surface area contributed by atoms with Gasteiger partial charge in [-0.2, -0.15) is 0 Å². The lowest BCUT2D eigenvalue weighted by Gasteiger charge is -2.03. The highest BCUT2D eigenvalue weighted by Gasteiger charge is 2.05. The Labute approximate surface area is 127 Å². The van der Waals surface area contributed by atoms with Crippen molar-refractivity contribution in [1.82, 2.24) is 5.32 Å². The Kier molecular flexibility index (Phi) is 5.50. The molecule has 2 rings (SSSR count). The van der Waals surface area contributed by atoms with Crippen molar-refractivity contribution in [2.45, 2.75) is 13.0 Å². The van der Waals surface area contributed by atoms with Gasteiger partial charge in [0.05, 0.1) is 24.4 Å². The zero-order valence-corrected chi connectivity index (χ0v) is 12.2. The molecule has 3 nitrogen and oxygen atoms in total. The summed E-state index contributed by atoms with van der Waals surface area (Å²) in [4.78, 5) is 13.8. The van der Waals surface area contributed by atoms with Crippen molar-refractivity contribution in [2.24, 2.45) is 5.73 Å². The van der Waals surface area contributed by atoms with Crippen LogP contribution in [0, 0.1) is 17.7 Å². The van der Waals surface area contributed by atoms with Gasteiger partial charge in [-0.1, -0.05) is 24.0 Å². The van der Waals surface area contributed by atoms with E-state index < -0.39 is 0 Å². The fraction of sp³-hybridized carbons (Fsp3) is 0.188. The Bertz CT molecular complexity index is 668. The molecule has 0 saturated heterocycles. The van der Waals surface area contributed by atoms with Gasteiger partial charge < -0.3 is 11.1 Å². The third-order valence-electron chi connectivity index (χ3n) is 2.71. The van der Waals surface area contributed by atoms with Gasteiger partial charge >= 0.3 is 0 Å². The second kappa shape index (κ2) is 7.58. The number of nitrogens with two attached hydrogens (primary N) is 1. The van der Waals surface area contributed by atoms with Crippen LogP contribution in [0.5, 0.6) is 0 Å². The van der Waals surface area contributed by atoms with E-state index in [4.69, 9.17) is 5.73 Å². The molecule has 1 heterocycles. The number of hydrogen-bond acceptors (Lipinski definition) is 3. The van der Waals surface area contributed by atoms with Gasteiger partial charge in [0.2, 0.25) is 5.91 Å². The van der Waals surface area contributed by atoms with Crippen LogP contribution in [0.25, 0.3) is 0 Å². The molecule has 1 amide bonds. The maximum absolute atomic E-state index is 12.8. The van der Waals surface area contributed by atoms with Crippen LogP contribution in [0.3, 0.4) is 0 Å². The summed E-state index contributed by atoms with van der Waals surface area (Å²) < 4.78 is 12.8. The Morgan fingerprint density at radius 3 is 2.71 bits per heavy atom. The summed E-state index contributed by atoms with van der Waals surface area (Å²) in [5, 5.41) is 2.84. The lowest BCUT2D eigenvalue weighted by atomic mass is 10.1. The molecule has 0 fully saturated rings. The van der Waals surface area contributed by atoms with E-state index >= 15 is 0 Å². The van der Waals surface area contributed by atoms with Gasteiger partial charge in [0.15, 0.2) is 0 Å². The molecule has 0 aliphatic rings. The summed E-state index contributed by atoms with van der Waals surface area (Å²) in [6.45, 7) is 0.802. The van der Waals surface area contributed by atoms with Crippen LogP contribution in [0.4, 0.5) is 4.39 Å². The van der Waals surface area contributed by atoms with E-state index in [0.29, 0.717) is 13.1 Å². The summed E-state index contributed by atoms with van der Waals surface area (Å²) in [6.07, 6.45) is 0.242. The fourth-order valence-electron chi connectivity index (χ4n) is 1.71. The molecule has 0 radical (unpaired) electrons. The van der Waals surface area contributed by atoms with Crippen LogP contribution in [-0.4, -0.2) is 12.5 Å². The smallest absolute Gasteiger partial charge is 0.224 e. The van der Waals surface area contributed by atoms with E-state index in [1.165, 1.54) is 23.5 Å². The number of amides is 1. The van der Waals surface area contributed by atoms with E-state index in [-0.39, 0.29) is 18.1 Å². The highest BCUT2D eigenvalue weighted by atomic mass is 32.1. The number of thiophene rings is 1. The molecule has 3 N–H and O–H groups in total.